The number of hydrogen-bond donors (Lipinski definition) is 1. The van der Waals surface area contributed by atoms with Crippen molar-refractivity contribution in [2.75, 3.05) is 0 Å². The molecule has 100 valence electrons. The molecule has 0 aliphatic heterocycles. The van der Waals surface area contributed by atoms with Crippen molar-refractivity contribution in [3.05, 3.63) is 17.2 Å². The molecule has 1 heterocycles. The Hall–Kier alpha value is -1.30. The van der Waals surface area contributed by atoms with Crippen molar-refractivity contribution in [3.8, 4) is 6.07 Å². The van der Waals surface area contributed by atoms with Crippen LogP contribution in [0.3, 0.4) is 0 Å². The first-order valence-corrected chi connectivity index (χ1v) is 7.14. The molecule has 1 atom stereocenters. The maximum atomic E-state index is 8.91. The summed E-state index contributed by atoms with van der Waals surface area (Å²) in [6.45, 7) is 6.14. The van der Waals surface area contributed by atoms with Crippen LogP contribution in [0.4, 0.5) is 0 Å². The second-order valence-corrected chi connectivity index (χ2v) is 5.06. The van der Waals surface area contributed by atoms with E-state index in [1.165, 1.54) is 38.5 Å². The lowest BCUT2D eigenvalue weighted by Gasteiger charge is -1.99. The Balaban J connectivity index is 2.33. The summed E-state index contributed by atoms with van der Waals surface area (Å²) in [4.78, 5) is 7.84. The molecular weight excluding hydrogens is 222 g/mol. The molecule has 0 aromatic carbocycles. The molecule has 3 heteroatoms. The molecule has 1 N–H and O–H groups in total. The van der Waals surface area contributed by atoms with E-state index in [1.807, 2.05) is 13.8 Å². The zero-order valence-electron chi connectivity index (χ0n) is 11.9. The molecule has 1 aromatic rings. The minimum absolute atomic E-state index is 0.112. The fourth-order valence-corrected chi connectivity index (χ4v) is 2.21. The van der Waals surface area contributed by atoms with Crippen LogP contribution in [0.2, 0.25) is 0 Å². The lowest BCUT2D eigenvalue weighted by atomic mass is 10.1. The zero-order valence-corrected chi connectivity index (χ0v) is 11.9. The van der Waals surface area contributed by atoms with Gasteiger partial charge in [-0.1, -0.05) is 39.0 Å². The SMILES string of the molecule is CCCCCCCCc1nc(C(C)C#N)c(C)[nH]1. The third-order valence-corrected chi connectivity index (χ3v) is 3.34. The second-order valence-electron chi connectivity index (χ2n) is 5.06. The highest BCUT2D eigenvalue weighted by Gasteiger charge is 2.12. The molecule has 1 rings (SSSR count). The summed E-state index contributed by atoms with van der Waals surface area (Å²) in [5, 5.41) is 8.91. The number of aromatic amines is 1. The molecule has 0 saturated carbocycles. The van der Waals surface area contributed by atoms with Crippen LogP contribution in [0.5, 0.6) is 0 Å². The Labute approximate surface area is 111 Å². The van der Waals surface area contributed by atoms with Crippen molar-refractivity contribution in [2.24, 2.45) is 0 Å². The molecular formula is C15H25N3. The number of H-pyrrole nitrogens is 1. The minimum atomic E-state index is -0.112. The van der Waals surface area contributed by atoms with Gasteiger partial charge in [0.15, 0.2) is 0 Å². The molecule has 3 nitrogen and oxygen atoms in total. The molecule has 0 radical (unpaired) electrons. The van der Waals surface area contributed by atoms with E-state index in [1.54, 1.807) is 0 Å². The number of nitriles is 1. The van der Waals surface area contributed by atoms with Gasteiger partial charge in [0.2, 0.25) is 0 Å². The average molecular weight is 247 g/mol. The van der Waals surface area contributed by atoms with Crippen LogP contribution in [0.1, 0.15) is 75.5 Å². The van der Waals surface area contributed by atoms with Crippen LogP contribution in [-0.4, -0.2) is 9.97 Å². The maximum absolute atomic E-state index is 8.91. The average Bonchev–Trinajstić information content (AvgIpc) is 2.74. The fourth-order valence-electron chi connectivity index (χ4n) is 2.21. The third kappa shape index (κ3) is 4.52. The van der Waals surface area contributed by atoms with Crippen molar-refractivity contribution in [3.63, 3.8) is 0 Å². The maximum Gasteiger partial charge on any atom is 0.106 e. The van der Waals surface area contributed by atoms with Crippen LogP contribution in [0, 0.1) is 18.3 Å². The molecule has 1 unspecified atom stereocenters. The smallest absolute Gasteiger partial charge is 0.106 e. The summed E-state index contributed by atoms with van der Waals surface area (Å²) < 4.78 is 0. The molecule has 0 aliphatic carbocycles. The van der Waals surface area contributed by atoms with Gasteiger partial charge in [0, 0.05) is 12.1 Å². The number of nitrogens with one attached hydrogen (secondary N) is 1. The van der Waals surface area contributed by atoms with Gasteiger partial charge in [-0.15, -0.1) is 0 Å². The number of nitrogens with zero attached hydrogens (tertiary/aromatic N) is 2. The fraction of sp³-hybridized carbons (Fsp3) is 0.733. The van der Waals surface area contributed by atoms with E-state index in [0.29, 0.717) is 0 Å². The molecule has 0 spiro atoms. The Bertz CT molecular complexity index is 387. The summed E-state index contributed by atoms with van der Waals surface area (Å²) >= 11 is 0. The standard InChI is InChI=1S/C15H25N3/c1-4-5-6-7-8-9-10-14-17-13(3)15(18-14)12(2)11-16/h12H,4-10H2,1-3H3,(H,17,18). The second kappa shape index (κ2) is 7.92. The van der Waals surface area contributed by atoms with Crippen LogP contribution < -0.4 is 0 Å². The van der Waals surface area contributed by atoms with Gasteiger partial charge in [-0.2, -0.15) is 5.26 Å². The molecule has 18 heavy (non-hydrogen) atoms. The van der Waals surface area contributed by atoms with E-state index in [9.17, 15) is 0 Å². The van der Waals surface area contributed by atoms with Gasteiger partial charge < -0.3 is 4.98 Å². The van der Waals surface area contributed by atoms with Crippen LogP contribution in [0.25, 0.3) is 0 Å². The highest BCUT2D eigenvalue weighted by molar-refractivity contribution is 5.22. The number of aromatic nitrogens is 2. The van der Waals surface area contributed by atoms with Gasteiger partial charge >= 0.3 is 0 Å². The summed E-state index contributed by atoms with van der Waals surface area (Å²) in [6, 6.07) is 2.24. The third-order valence-electron chi connectivity index (χ3n) is 3.34. The highest BCUT2D eigenvalue weighted by atomic mass is 14.9. The first-order chi connectivity index (χ1) is 8.69. The Morgan fingerprint density at radius 1 is 1.22 bits per heavy atom. The van der Waals surface area contributed by atoms with E-state index < -0.39 is 0 Å². The van der Waals surface area contributed by atoms with Crippen molar-refractivity contribution in [1.29, 1.82) is 5.26 Å². The number of rotatable bonds is 8. The molecule has 0 fully saturated rings. The summed E-state index contributed by atoms with van der Waals surface area (Å²) in [5.41, 5.74) is 1.96. The van der Waals surface area contributed by atoms with Crippen molar-refractivity contribution in [1.82, 2.24) is 9.97 Å². The zero-order chi connectivity index (χ0) is 13.4. The van der Waals surface area contributed by atoms with Gasteiger partial charge in [-0.25, -0.2) is 4.98 Å². The van der Waals surface area contributed by atoms with E-state index in [2.05, 4.69) is 23.0 Å². The van der Waals surface area contributed by atoms with E-state index in [0.717, 1.165) is 23.6 Å². The van der Waals surface area contributed by atoms with Gasteiger partial charge in [-0.3, -0.25) is 0 Å². The van der Waals surface area contributed by atoms with E-state index in [4.69, 9.17) is 5.26 Å². The summed E-state index contributed by atoms with van der Waals surface area (Å²) in [6.07, 6.45) is 8.81. The van der Waals surface area contributed by atoms with Gasteiger partial charge in [0.1, 0.15) is 5.82 Å². The lowest BCUT2D eigenvalue weighted by molar-refractivity contribution is 0.601. The number of hydrogen-bond acceptors (Lipinski definition) is 2. The highest BCUT2D eigenvalue weighted by Crippen LogP contribution is 2.17. The number of aryl methyl sites for hydroxylation is 2. The monoisotopic (exact) mass is 247 g/mol. The van der Waals surface area contributed by atoms with Crippen LogP contribution >= 0.6 is 0 Å². The predicted octanol–water partition coefficient (Wildman–Crippen LogP) is 4.25. The van der Waals surface area contributed by atoms with Gasteiger partial charge in [0.05, 0.1) is 17.7 Å². The number of unbranched alkanes of at least 4 members (excludes halogenated alkanes) is 5. The van der Waals surface area contributed by atoms with E-state index in [-0.39, 0.29) is 5.92 Å². The molecule has 1 aromatic heterocycles. The largest absolute Gasteiger partial charge is 0.346 e. The quantitative estimate of drug-likeness (QED) is 0.698. The van der Waals surface area contributed by atoms with Crippen LogP contribution in [0.15, 0.2) is 0 Å². The topological polar surface area (TPSA) is 52.5 Å². The first-order valence-electron chi connectivity index (χ1n) is 7.14. The molecule has 0 saturated heterocycles. The summed E-state index contributed by atoms with van der Waals surface area (Å²) in [7, 11) is 0. The number of imidazole rings is 1. The van der Waals surface area contributed by atoms with Crippen molar-refractivity contribution < 1.29 is 0 Å². The molecule has 0 aliphatic rings. The van der Waals surface area contributed by atoms with Gasteiger partial charge in [-0.05, 0) is 20.3 Å². The Morgan fingerprint density at radius 3 is 2.56 bits per heavy atom. The molecule has 0 amide bonds. The summed E-state index contributed by atoms with van der Waals surface area (Å²) in [5.74, 6) is 0.930. The normalized spacial score (nSPS) is 12.3. The minimum Gasteiger partial charge on any atom is -0.346 e. The lowest BCUT2D eigenvalue weighted by Crippen LogP contribution is -1.93. The van der Waals surface area contributed by atoms with Crippen LogP contribution in [-0.2, 0) is 6.42 Å². The predicted molar refractivity (Wildman–Crippen MR) is 74.4 cm³/mol. The van der Waals surface area contributed by atoms with E-state index >= 15 is 0 Å². The van der Waals surface area contributed by atoms with Crippen molar-refractivity contribution >= 4 is 0 Å². The first kappa shape index (κ1) is 14.8. The Morgan fingerprint density at radius 2 is 1.89 bits per heavy atom. The Kier molecular flexibility index (Phi) is 6.49. The van der Waals surface area contributed by atoms with Crippen molar-refractivity contribution in [2.45, 2.75) is 71.6 Å². The van der Waals surface area contributed by atoms with Gasteiger partial charge in [0.25, 0.3) is 0 Å². The molecule has 0 bridgehead atoms.